The number of hydrogen-bond acceptors (Lipinski definition) is 6. The van der Waals surface area contributed by atoms with Gasteiger partial charge in [0, 0.05) is 24.4 Å². The van der Waals surface area contributed by atoms with Crippen LogP contribution in [0.3, 0.4) is 0 Å². The number of rotatable bonds is 7. The molecule has 0 unspecified atom stereocenters. The quantitative estimate of drug-likeness (QED) is 0.222. The molecule has 0 bridgehead atoms. The molecular weight excluding hydrogens is 434 g/mol. The Kier molecular flexibility index (Phi) is 6.55. The van der Waals surface area contributed by atoms with E-state index in [-0.39, 0.29) is 23.8 Å². The lowest BCUT2D eigenvalue weighted by atomic mass is 10.1. The minimum atomic E-state index is -0.456. The van der Waals surface area contributed by atoms with Gasteiger partial charge in [-0.3, -0.25) is 14.9 Å². The molecule has 0 radical (unpaired) electrons. The second kappa shape index (κ2) is 9.88. The Hall–Kier alpha value is -4.64. The van der Waals surface area contributed by atoms with Crippen LogP contribution < -0.4 is 14.4 Å². The van der Waals surface area contributed by atoms with Crippen molar-refractivity contribution < 1.29 is 19.2 Å². The van der Waals surface area contributed by atoms with Gasteiger partial charge in [-0.2, -0.15) is 5.26 Å². The Labute approximate surface area is 196 Å². The maximum Gasteiger partial charge on any atom is 0.269 e. The van der Waals surface area contributed by atoms with Crippen LogP contribution in [0.2, 0.25) is 0 Å². The van der Waals surface area contributed by atoms with Crippen molar-refractivity contribution in [2.24, 2.45) is 0 Å². The van der Waals surface area contributed by atoms with E-state index >= 15 is 0 Å². The molecule has 8 heteroatoms. The van der Waals surface area contributed by atoms with E-state index < -0.39 is 4.92 Å². The average molecular weight is 455 g/mol. The van der Waals surface area contributed by atoms with Gasteiger partial charge in [0.05, 0.1) is 12.0 Å². The van der Waals surface area contributed by atoms with Crippen LogP contribution in [0.15, 0.2) is 72.3 Å². The summed E-state index contributed by atoms with van der Waals surface area (Å²) < 4.78 is 11.2. The van der Waals surface area contributed by atoms with Gasteiger partial charge in [0.15, 0.2) is 11.5 Å². The van der Waals surface area contributed by atoms with Crippen LogP contribution in [-0.2, 0) is 17.8 Å². The number of benzene rings is 3. The molecular formula is C26H21N3O5. The van der Waals surface area contributed by atoms with E-state index in [1.165, 1.54) is 25.3 Å². The Morgan fingerprint density at radius 1 is 1.15 bits per heavy atom. The normalized spacial score (nSPS) is 12.6. The first-order valence-corrected chi connectivity index (χ1v) is 10.6. The Morgan fingerprint density at radius 2 is 1.91 bits per heavy atom. The third-order valence-electron chi connectivity index (χ3n) is 5.52. The fraction of sp³-hybridized carbons (Fsp3) is 0.154. The number of anilines is 1. The monoisotopic (exact) mass is 455 g/mol. The third-order valence-corrected chi connectivity index (χ3v) is 5.52. The van der Waals surface area contributed by atoms with Gasteiger partial charge < -0.3 is 14.4 Å². The highest BCUT2D eigenvalue weighted by molar-refractivity contribution is 6.12. The summed E-state index contributed by atoms with van der Waals surface area (Å²) in [5.41, 5.74) is 3.35. The molecule has 0 atom stereocenters. The van der Waals surface area contributed by atoms with E-state index in [9.17, 15) is 20.2 Å². The number of carbonyl (C=O) groups is 1. The second-order valence-corrected chi connectivity index (χ2v) is 7.63. The molecule has 0 fully saturated rings. The average Bonchev–Trinajstić information content (AvgIpc) is 3.30. The van der Waals surface area contributed by atoms with E-state index in [1.54, 1.807) is 35.2 Å². The summed E-state index contributed by atoms with van der Waals surface area (Å²) in [4.78, 5) is 25.0. The van der Waals surface area contributed by atoms with E-state index in [4.69, 9.17) is 9.47 Å². The van der Waals surface area contributed by atoms with E-state index in [2.05, 4.69) is 0 Å². The molecule has 1 aliphatic rings. The van der Waals surface area contributed by atoms with Crippen LogP contribution in [-0.4, -0.2) is 24.5 Å². The van der Waals surface area contributed by atoms with E-state index in [0.29, 0.717) is 23.6 Å². The van der Waals surface area contributed by atoms with Crippen LogP contribution in [0.5, 0.6) is 11.5 Å². The maximum atomic E-state index is 13.0. The van der Waals surface area contributed by atoms with Gasteiger partial charge in [0.2, 0.25) is 0 Å². The molecule has 1 aliphatic heterocycles. The number of fused-ring (bicyclic) bond motifs is 1. The van der Waals surface area contributed by atoms with E-state index in [0.717, 1.165) is 23.2 Å². The number of ether oxygens (including phenoxy) is 2. The van der Waals surface area contributed by atoms with Crippen LogP contribution >= 0.6 is 0 Å². The summed E-state index contributed by atoms with van der Waals surface area (Å²) >= 11 is 0. The lowest BCUT2D eigenvalue weighted by Crippen LogP contribution is -2.29. The molecule has 0 saturated heterocycles. The SMILES string of the molecule is COc1cc(/C=C(\C#N)C(=O)N2CCc3ccccc32)ccc1OCc1ccc([N+](=O)[O-])cc1. The largest absolute Gasteiger partial charge is 0.493 e. The zero-order chi connectivity index (χ0) is 24.1. The fourth-order valence-electron chi connectivity index (χ4n) is 3.77. The van der Waals surface area contributed by atoms with Crippen molar-refractivity contribution in [3.05, 3.63) is 99.1 Å². The molecule has 0 N–H and O–H groups in total. The number of nitrogens with zero attached hydrogens (tertiary/aromatic N) is 3. The number of nitro benzene ring substituents is 1. The molecule has 3 aromatic rings. The second-order valence-electron chi connectivity index (χ2n) is 7.63. The molecule has 0 aliphatic carbocycles. The van der Waals surface area contributed by atoms with Crippen LogP contribution in [0, 0.1) is 21.4 Å². The van der Waals surface area contributed by atoms with Gasteiger partial charge >= 0.3 is 0 Å². The lowest BCUT2D eigenvalue weighted by Gasteiger charge is -2.16. The molecule has 0 aromatic heterocycles. The summed E-state index contributed by atoms with van der Waals surface area (Å²) in [7, 11) is 1.50. The number of carbonyl (C=O) groups excluding carboxylic acids is 1. The summed E-state index contributed by atoms with van der Waals surface area (Å²) in [6.07, 6.45) is 2.29. The smallest absolute Gasteiger partial charge is 0.269 e. The van der Waals surface area contributed by atoms with Crippen LogP contribution in [0.4, 0.5) is 11.4 Å². The summed E-state index contributed by atoms with van der Waals surface area (Å²) in [6, 6.07) is 20.9. The molecule has 4 rings (SSSR count). The standard InChI is InChI=1S/C26H21N3O5/c1-33-25-15-19(8-11-24(25)34-17-18-6-9-22(10-7-18)29(31)32)14-21(16-27)26(30)28-13-12-20-4-2-3-5-23(20)28/h2-11,14-15H,12-13,17H2,1H3/b21-14+. The zero-order valence-corrected chi connectivity index (χ0v) is 18.4. The molecule has 34 heavy (non-hydrogen) atoms. The number of methoxy groups -OCH3 is 1. The number of amides is 1. The van der Waals surface area contributed by atoms with Crippen molar-refractivity contribution in [3.63, 3.8) is 0 Å². The molecule has 3 aromatic carbocycles. The Bertz CT molecular complexity index is 1310. The van der Waals surface area contributed by atoms with Gasteiger partial charge in [0.1, 0.15) is 18.2 Å². The van der Waals surface area contributed by atoms with Crippen molar-refractivity contribution >= 4 is 23.4 Å². The van der Waals surface area contributed by atoms with Crippen LogP contribution in [0.1, 0.15) is 16.7 Å². The van der Waals surface area contributed by atoms with Crippen molar-refractivity contribution in [1.82, 2.24) is 0 Å². The molecule has 8 nitrogen and oxygen atoms in total. The number of non-ortho nitro benzene ring substituents is 1. The van der Waals surface area contributed by atoms with Gasteiger partial charge in [-0.05, 0) is 59.5 Å². The third kappa shape index (κ3) is 4.74. The number of nitriles is 1. The van der Waals surface area contributed by atoms with Crippen molar-refractivity contribution in [3.8, 4) is 17.6 Å². The predicted octanol–water partition coefficient (Wildman–Crippen LogP) is 4.68. The first-order chi connectivity index (χ1) is 16.5. The number of nitro groups is 1. The van der Waals surface area contributed by atoms with Gasteiger partial charge in [0.25, 0.3) is 11.6 Å². The molecule has 170 valence electrons. The Balaban J connectivity index is 1.50. The van der Waals surface area contributed by atoms with Crippen molar-refractivity contribution in [1.29, 1.82) is 5.26 Å². The Morgan fingerprint density at radius 3 is 2.62 bits per heavy atom. The summed E-state index contributed by atoms with van der Waals surface area (Å²) in [6.45, 7) is 0.732. The van der Waals surface area contributed by atoms with Gasteiger partial charge in [-0.25, -0.2) is 0 Å². The minimum Gasteiger partial charge on any atom is -0.493 e. The first kappa shape index (κ1) is 22.6. The fourth-order valence-corrected chi connectivity index (χ4v) is 3.77. The highest BCUT2D eigenvalue weighted by Gasteiger charge is 2.26. The van der Waals surface area contributed by atoms with E-state index in [1.807, 2.05) is 30.3 Å². The highest BCUT2D eigenvalue weighted by Crippen LogP contribution is 2.31. The van der Waals surface area contributed by atoms with Gasteiger partial charge in [-0.1, -0.05) is 24.3 Å². The topological polar surface area (TPSA) is 106 Å². The molecule has 1 heterocycles. The molecule has 1 amide bonds. The maximum absolute atomic E-state index is 13.0. The number of hydrogen-bond donors (Lipinski definition) is 0. The molecule has 0 saturated carbocycles. The zero-order valence-electron chi connectivity index (χ0n) is 18.4. The predicted molar refractivity (Wildman–Crippen MR) is 127 cm³/mol. The molecule has 0 spiro atoms. The number of para-hydroxylation sites is 1. The first-order valence-electron chi connectivity index (χ1n) is 10.6. The summed E-state index contributed by atoms with van der Waals surface area (Å²) in [5.74, 6) is 0.563. The van der Waals surface area contributed by atoms with Crippen molar-refractivity contribution in [2.45, 2.75) is 13.0 Å². The van der Waals surface area contributed by atoms with Gasteiger partial charge in [-0.15, -0.1) is 0 Å². The van der Waals surface area contributed by atoms with Crippen molar-refractivity contribution in [2.75, 3.05) is 18.6 Å². The van der Waals surface area contributed by atoms with Crippen LogP contribution in [0.25, 0.3) is 6.08 Å². The lowest BCUT2D eigenvalue weighted by molar-refractivity contribution is -0.384. The summed E-state index contributed by atoms with van der Waals surface area (Å²) in [5, 5.41) is 20.4. The minimum absolute atomic E-state index is 0.0118. The highest BCUT2D eigenvalue weighted by atomic mass is 16.6.